The molecule has 174 valence electrons. The van der Waals surface area contributed by atoms with Gasteiger partial charge >= 0.3 is 0 Å². The number of nitrogens with zero attached hydrogens (tertiary/aromatic N) is 3. The number of nitrogens with one attached hydrogen (secondary N) is 1. The van der Waals surface area contributed by atoms with Crippen molar-refractivity contribution in [3.63, 3.8) is 0 Å². The molecule has 0 aliphatic carbocycles. The summed E-state index contributed by atoms with van der Waals surface area (Å²) in [6.07, 6.45) is 2.67. The second-order valence-corrected chi connectivity index (χ2v) is 8.39. The van der Waals surface area contributed by atoms with Gasteiger partial charge in [-0.2, -0.15) is 0 Å². The Labute approximate surface area is 201 Å². The van der Waals surface area contributed by atoms with Crippen molar-refractivity contribution in [2.75, 3.05) is 43.9 Å². The van der Waals surface area contributed by atoms with E-state index in [1.165, 1.54) is 12.1 Å². The smallest absolute Gasteiger partial charge is 0.166 e. The van der Waals surface area contributed by atoms with Crippen molar-refractivity contribution in [1.29, 1.82) is 0 Å². The maximum absolute atomic E-state index is 14.0. The van der Waals surface area contributed by atoms with Gasteiger partial charge in [-0.1, -0.05) is 23.2 Å². The molecule has 7 nitrogen and oxygen atoms in total. The number of hydrogen-bond acceptors (Lipinski definition) is 7. The van der Waals surface area contributed by atoms with Crippen LogP contribution in [0.15, 0.2) is 36.7 Å². The van der Waals surface area contributed by atoms with E-state index in [0.717, 1.165) is 43.1 Å². The van der Waals surface area contributed by atoms with E-state index in [9.17, 15) is 4.39 Å². The first-order valence-corrected chi connectivity index (χ1v) is 11.2. The molecule has 3 heterocycles. The van der Waals surface area contributed by atoms with E-state index in [1.807, 2.05) is 6.07 Å². The molecule has 1 atom stereocenters. The molecule has 10 heteroatoms. The molecule has 4 rings (SSSR count). The summed E-state index contributed by atoms with van der Waals surface area (Å²) in [7, 11) is 1.59. The summed E-state index contributed by atoms with van der Waals surface area (Å²) in [5, 5.41) is 3.54. The van der Waals surface area contributed by atoms with Gasteiger partial charge in [0.1, 0.15) is 23.5 Å². The van der Waals surface area contributed by atoms with Crippen LogP contribution < -0.4 is 25.4 Å². The highest BCUT2D eigenvalue weighted by molar-refractivity contribution is 6.36. The average Bonchev–Trinajstić information content (AvgIpc) is 2.83. The molecule has 0 radical (unpaired) electrons. The van der Waals surface area contributed by atoms with Crippen LogP contribution in [0.5, 0.6) is 11.5 Å². The van der Waals surface area contributed by atoms with E-state index in [4.69, 9.17) is 38.4 Å². The predicted octanol–water partition coefficient (Wildman–Crippen LogP) is 4.73. The standard InChI is InChI=1S/C23H24Cl2FN5O2/c1-13(21-16(24)3-4-17(26)22(21)25)33-18-9-14(11-30-23(18)27)15-10-20(29-12-19(15)32-2)31-7-5-28-6-8-31/h3-4,9-13,28H,5-8H2,1-2H3,(H2,27,30)/t13-/m1/s1. The molecule has 0 amide bonds. The van der Waals surface area contributed by atoms with Crippen LogP contribution >= 0.6 is 23.2 Å². The highest BCUT2D eigenvalue weighted by Gasteiger charge is 2.21. The number of piperazine rings is 1. The van der Waals surface area contributed by atoms with Crippen LogP contribution in [0.25, 0.3) is 11.1 Å². The molecule has 33 heavy (non-hydrogen) atoms. The monoisotopic (exact) mass is 491 g/mol. The largest absolute Gasteiger partial charge is 0.494 e. The molecule has 0 bridgehead atoms. The van der Waals surface area contributed by atoms with Gasteiger partial charge < -0.3 is 25.4 Å². The van der Waals surface area contributed by atoms with Crippen LogP contribution in [-0.4, -0.2) is 43.3 Å². The first-order valence-electron chi connectivity index (χ1n) is 10.4. The topological polar surface area (TPSA) is 85.5 Å². The van der Waals surface area contributed by atoms with Crippen LogP contribution in [0.1, 0.15) is 18.6 Å². The molecule has 0 spiro atoms. The number of ether oxygens (including phenoxy) is 2. The number of aromatic nitrogens is 2. The summed E-state index contributed by atoms with van der Waals surface area (Å²) >= 11 is 12.4. The normalized spacial score (nSPS) is 14.8. The Morgan fingerprint density at radius 2 is 1.88 bits per heavy atom. The molecule has 3 aromatic rings. The van der Waals surface area contributed by atoms with Gasteiger partial charge in [0.15, 0.2) is 11.6 Å². The van der Waals surface area contributed by atoms with Crippen molar-refractivity contribution >= 4 is 34.8 Å². The Morgan fingerprint density at radius 3 is 2.61 bits per heavy atom. The summed E-state index contributed by atoms with van der Waals surface area (Å²) in [5.74, 6) is 1.37. The van der Waals surface area contributed by atoms with Crippen molar-refractivity contribution in [2.24, 2.45) is 0 Å². The first kappa shape index (κ1) is 23.4. The van der Waals surface area contributed by atoms with E-state index in [2.05, 4.69) is 20.2 Å². The molecule has 1 saturated heterocycles. The van der Waals surface area contributed by atoms with Gasteiger partial charge in [0.2, 0.25) is 0 Å². The van der Waals surface area contributed by atoms with Gasteiger partial charge in [-0.15, -0.1) is 0 Å². The summed E-state index contributed by atoms with van der Waals surface area (Å²) in [6.45, 7) is 5.23. The Hall–Kier alpha value is -2.81. The SMILES string of the molecule is COc1cnc(N2CCNCC2)cc1-c1cnc(N)c(O[C@H](C)c2c(Cl)ccc(F)c2Cl)c1. The van der Waals surface area contributed by atoms with Gasteiger partial charge in [-0.25, -0.2) is 14.4 Å². The summed E-state index contributed by atoms with van der Waals surface area (Å²) in [6, 6.07) is 6.38. The fourth-order valence-corrected chi connectivity index (χ4v) is 4.43. The van der Waals surface area contributed by atoms with Crippen LogP contribution in [0.2, 0.25) is 10.0 Å². The van der Waals surface area contributed by atoms with Crippen molar-refractivity contribution < 1.29 is 13.9 Å². The van der Waals surface area contributed by atoms with Gasteiger partial charge in [-0.05, 0) is 31.2 Å². The number of benzene rings is 1. The molecule has 1 aliphatic rings. The second kappa shape index (κ2) is 9.99. The maximum Gasteiger partial charge on any atom is 0.166 e. The molecule has 3 N–H and O–H groups in total. The molecule has 0 saturated carbocycles. The van der Waals surface area contributed by atoms with Gasteiger partial charge in [0.05, 0.1) is 18.3 Å². The zero-order chi connectivity index (χ0) is 23.5. The van der Waals surface area contributed by atoms with Crippen LogP contribution in [0.3, 0.4) is 0 Å². The van der Waals surface area contributed by atoms with Gasteiger partial charge in [0.25, 0.3) is 0 Å². The third-order valence-electron chi connectivity index (χ3n) is 5.50. The minimum Gasteiger partial charge on any atom is -0.494 e. The average molecular weight is 492 g/mol. The predicted molar refractivity (Wildman–Crippen MR) is 129 cm³/mol. The third-order valence-corrected chi connectivity index (χ3v) is 6.21. The highest BCUT2D eigenvalue weighted by atomic mass is 35.5. The number of halogens is 3. The summed E-state index contributed by atoms with van der Waals surface area (Å²) in [4.78, 5) is 11.0. The Kier molecular flexibility index (Phi) is 7.07. The van der Waals surface area contributed by atoms with Gasteiger partial charge in [0, 0.05) is 54.1 Å². The van der Waals surface area contributed by atoms with E-state index in [-0.39, 0.29) is 10.8 Å². The quantitative estimate of drug-likeness (QED) is 0.482. The lowest BCUT2D eigenvalue weighted by Gasteiger charge is -2.29. The van der Waals surface area contributed by atoms with Crippen molar-refractivity contribution in [3.8, 4) is 22.6 Å². The molecular formula is C23H24Cl2FN5O2. The van der Waals surface area contributed by atoms with Crippen LogP contribution in [-0.2, 0) is 0 Å². The minimum atomic E-state index is -0.671. The summed E-state index contributed by atoms with van der Waals surface area (Å²) < 4.78 is 25.6. The first-order chi connectivity index (χ1) is 15.9. The van der Waals surface area contributed by atoms with Crippen LogP contribution in [0, 0.1) is 5.82 Å². The number of anilines is 2. The lowest BCUT2D eigenvalue weighted by Crippen LogP contribution is -2.43. The Morgan fingerprint density at radius 1 is 1.12 bits per heavy atom. The number of nitrogens with two attached hydrogens (primary N) is 1. The van der Waals surface area contributed by atoms with Crippen molar-refractivity contribution in [1.82, 2.24) is 15.3 Å². The molecule has 1 aromatic carbocycles. The maximum atomic E-state index is 14.0. The zero-order valence-corrected chi connectivity index (χ0v) is 19.8. The molecule has 1 fully saturated rings. The number of hydrogen-bond donors (Lipinski definition) is 2. The second-order valence-electron chi connectivity index (χ2n) is 7.60. The molecule has 0 unspecified atom stereocenters. The Balaban J connectivity index is 1.68. The number of rotatable bonds is 6. The number of nitrogen functional groups attached to an aromatic ring is 1. The highest BCUT2D eigenvalue weighted by Crippen LogP contribution is 2.39. The molecule has 2 aromatic heterocycles. The van der Waals surface area contributed by atoms with E-state index in [0.29, 0.717) is 22.1 Å². The van der Waals surface area contributed by atoms with E-state index < -0.39 is 11.9 Å². The molecular weight excluding hydrogens is 468 g/mol. The fourth-order valence-electron chi connectivity index (χ4n) is 3.75. The fraction of sp³-hybridized carbons (Fsp3) is 0.304. The van der Waals surface area contributed by atoms with Crippen LogP contribution in [0.4, 0.5) is 16.0 Å². The lowest BCUT2D eigenvalue weighted by atomic mass is 10.1. The zero-order valence-electron chi connectivity index (χ0n) is 18.2. The lowest BCUT2D eigenvalue weighted by molar-refractivity contribution is 0.227. The summed E-state index contributed by atoms with van der Waals surface area (Å²) in [5.41, 5.74) is 7.95. The van der Waals surface area contributed by atoms with Crippen molar-refractivity contribution in [3.05, 3.63) is 58.1 Å². The molecule has 1 aliphatic heterocycles. The van der Waals surface area contributed by atoms with E-state index >= 15 is 0 Å². The van der Waals surface area contributed by atoms with Crippen molar-refractivity contribution in [2.45, 2.75) is 13.0 Å². The third kappa shape index (κ3) is 4.93. The minimum absolute atomic E-state index is 0.0887. The van der Waals surface area contributed by atoms with Gasteiger partial charge in [-0.3, -0.25) is 0 Å². The Bertz CT molecular complexity index is 1160. The number of pyridine rings is 2. The van der Waals surface area contributed by atoms with E-state index in [1.54, 1.807) is 32.5 Å². The number of methoxy groups -OCH3 is 1.